The van der Waals surface area contributed by atoms with Crippen molar-refractivity contribution < 1.29 is 23.1 Å². The van der Waals surface area contributed by atoms with Crippen LogP contribution in [0.5, 0.6) is 5.75 Å². The van der Waals surface area contributed by atoms with Crippen LogP contribution in [0.25, 0.3) is 10.4 Å². The number of nitrogens with zero attached hydrogens (tertiary/aromatic N) is 3. The summed E-state index contributed by atoms with van der Waals surface area (Å²) in [7, 11) is -2.53. The van der Waals surface area contributed by atoms with Crippen molar-refractivity contribution in [2.75, 3.05) is 7.11 Å². The Morgan fingerprint density at radius 3 is 2.56 bits per heavy atom. The Labute approximate surface area is 200 Å². The van der Waals surface area contributed by atoms with Crippen LogP contribution in [-0.2, 0) is 32.5 Å². The average Bonchev–Trinajstić information content (AvgIpc) is 3.53. The highest BCUT2D eigenvalue weighted by atomic mass is 32.2. The predicted octanol–water partition coefficient (Wildman–Crippen LogP) is 3.15. The number of carbonyl (C=O) groups excluding carboxylic acids is 1. The number of aromatic hydroxyl groups is 1. The second-order valence-corrected chi connectivity index (χ2v) is 10.5. The van der Waals surface area contributed by atoms with E-state index in [0.29, 0.717) is 5.69 Å². The summed E-state index contributed by atoms with van der Waals surface area (Å²) in [6.07, 6.45) is 1.63. The molecular formula is C23H22N4O5S2. The van der Waals surface area contributed by atoms with Gasteiger partial charge >= 0.3 is 5.97 Å². The van der Waals surface area contributed by atoms with Gasteiger partial charge in [-0.25, -0.2) is 22.6 Å². The summed E-state index contributed by atoms with van der Waals surface area (Å²) < 4.78 is 34.8. The first-order valence-electron chi connectivity index (χ1n) is 10.3. The number of hydrogen-bond acceptors (Lipinski definition) is 8. The van der Waals surface area contributed by atoms with Crippen molar-refractivity contribution in [1.29, 1.82) is 0 Å². The molecule has 4 aromatic rings. The molecule has 0 aliphatic rings. The van der Waals surface area contributed by atoms with Crippen LogP contribution in [0.3, 0.4) is 0 Å². The number of carbonyl (C=O) groups is 1. The summed E-state index contributed by atoms with van der Waals surface area (Å²) in [5.41, 5.74) is 2.10. The molecule has 176 valence electrons. The van der Waals surface area contributed by atoms with Crippen molar-refractivity contribution in [2.24, 2.45) is 0 Å². The third kappa shape index (κ3) is 5.33. The third-order valence-corrected chi connectivity index (χ3v) is 8.16. The minimum absolute atomic E-state index is 0.109. The topological polar surface area (TPSA) is 123 Å². The number of sulfonamides is 1. The Kier molecular flexibility index (Phi) is 7.06. The molecule has 9 nitrogen and oxygen atoms in total. The lowest BCUT2D eigenvalue weighted by molar-refractivity contribution is -0.145. The molecular weight excluding hydrogens is 476 g/mol. The number of hydrogen-bond donors (Lipinski definition) is 2. The number of esters is 1. The van der Waals surface area contributed by atoms with E-state index in [1.165, 1.54) is 41.5 Å². The van der Waals surface area contributed by atoms with E-state index in [1.807, 2.05) is 30.3 Å². The van der Waals surface area contributed by atoms with Gasteiger partial charge < -0.3 is 9.84 Å². The molecule has 0 saturated heterocycles. The van der Waals surface area contributed by atoms with Crippen molar-refractivity contribution in [3.8, 4) is 16.2 Å². The summed E-state index contributed by atoms with van der Waals surface area (Å²) in [6.45, 7) is -0.114. The Morgan fingerprint density at radius 2 is 1.85 bits per heavy atom. The summed E-state index contributed by atoms with van der Waals surface area (Å²) in [4.78, 5) is 13.3. The van der Waals surface area contributed by atoms with Crippen molar-refractivity contribution in [2.45, 2.75) is 23.2 Å². The molecule has 1 atom stereocenters. The van der Waals surface area contributed by atoms with Crippen molar-refractivity contribution in [3.05, 3.63) is 84.2 Å². The molecule has 0 saturated carbocycles. The van der Waals surface area contributed by atoms with Crippen molar-refractivity contribution >= 4 is 27.3 Å². The molecule has 2 aromatic heterocycles. The number of thiophene rings is 1. The van der Waals surface area contributed by atoms with Gasteiger partial charge in [0, 0.05) is 11.3 Å². The molecule has 0 fully saturated rings. The summed E-state index contributed by atoms with van der Waals surface area (Å²) in [5, 5.41) is 17.4. The fourth-order valence-electron chi connectivity index (χ4n) is 3.38. The average molecular weight is 499 g/mol. The maximum Gasteiger partial charge on any atom is 0.331 e. The molecule has 0 amide bonds. The van der Waals surface area contributed by atoms with Crippen molar-refractivity contribution in [1.82, 2.24) is 19.7 Å². The second-order valence-electron chi connectivity index (χ2n) is 7.39. The monoisotopic (exact) mass is 498 g/mol. The first kappa shape index (κ1) is 23.6. The number of methoxy groups -OCH3 is 1. The number of rotatable bonds is 9. The van der Waals surface area contributed by atoms with Gasteiger partial charge in [0.05, 0.1) is 25.5 Å². The molecule has 2 N–H and O–H groups in total. The fraction of sp³-hybridized carbons (Fsp3) is 0.174. The van der Waals surface area contributed by atoms with Crippen LogP contribution in [0.1, 0.15) is 17.3 Å². The van der Waals surface area contributed by atoms with Gasteiger partial charge in [0.2, 0.25) is 10.0 Å². The van der Waals surface area contributed by atoms with E-state index in [9.17, 15) is 18.3 Å². The van der Waals surface area contributed by atoms with Crippen LogP contribution in [0.2, 0.25) is 0 Å². The molecule has 0 aliphatic carbocycles. The maximum atomic E-state index is 12.9. The third-order valence-electron chi connectivity index (χ3n) is 5.13. The zero-order valence-corrected chi connectivity index (χ0v) is 19.8. The normalized spacial score (nSPS) is 12.4. The summed E-state index contributed by atoms with van der Waals surface area (Å²) in [5.74, 6) is -0.438. The van der Waals surface area contributed by atoms with Gasteiger partial charge in [-0.05, 0) is 35.4 Å². The fourth-order valence-corrected chi connectivity index (χ4v) is 5.73. The zero-order chi connectivity index (χ0) is 24.1. The van der Waals surface area contributed by atoms with Crippen LogP contribution in [-0.4, -0.2) is 41.6 Å². The SMILES string of the molecule is COC(=O)[C@H](Cc1ccc(O)cc1)n1nncc1CNS(=O)(=O)c1ccc(-c2ccccc2)s1. The molecule has 0 unspecified atom stereocenters. The highest BCUT2D eigenvalue weighted by molar-refractivity contribution is 7.91. The predicted molar refractivity (Wildman–Crippen MR) is 127 cm³/mol. The Morgan fingerprint density at radius 1 is 1.12 bits per heavy atom. The first-order valence-corrected chi connectivity index (χ1v) is 12.6. The van der Waals surface area contributed by atoms with E-state index < -0.39 is 22.0 Å². The van der Waals surface area contributed by atoms with Crippen LogP contribution >= 0.6 is 11.3 Å². The van der Waals surface area contributed by atoms with Crippen LogP contribution in [0, 0.1) is 0 Å². The number of ether oxygens (including phenoxy) is 1. The summed E-state index contributed by atoms with van der Waals surface area (Å²) in [6, 6.07) is 18.4. The Bertz CT molecular complexity index is 1370. The molecule has 34 heavy (non-hydrogen) atoms. The standard InChI is InChI=1S/C23H22N4O5S2/c1-32-23(29)20(13-16-7-9-19(28)10-8-16)27-18(14-24-26-27)15-25-34(30,31)22-12-11-21(33-22)17-5-3-2-4-6-17/h2-12,14,20,25,28H,13,15H2,1H3/t20-/m0/s1. The van der Waals surface area contributed by atoms with E-state index in [1.54, 1.807) is 24.3 Å². The van der Waals surface area contributed by atoms with E-state index >= 15 is 0 Å². The van der Waals surface area contributed by atoms with Gasteiger partial charge in [-0.1, -0.05) is 47.7 Å². The smallest absolute Gasteiger partial charge is 0.331 e. The van der Waals surface area contributed by atoms with Gasteiger partial charge in [-0.3, -0.25) is 0 Å². The Balaban J connectivity index is 1.52. The van der Waals surface area contributed by atoms with Gasteiger partial charge in [0.1, 0.15) is 9.96 Å². The largest absolute Gasteiger partial charge is 0.508 e. The van der Waals surface area contributed by atoms with Gasteiger partial charge in [0.25, 0.3) is 0 Å². The second kappa shape index (κ2) is 10.2. The lowest BCUT2D eigenvalue weighted by atomic mass is 10.1. The number of phenols is 1. The quantitative estimate of drug-likeness (QED) is 0.340. The molecule has 0 aliphatic heterocycles. The molecule has 0 bridgehead atoms. The molecule has 11 heteroatoms. The van der Waals surface area contributed by atoms with E-state index in [-0.39, 0.29) is 22.9 Å². The van der Waals surface area contributed by atoms with Gasteiger partial charge in [0.15, 0.2) is 6.04 Å². The van der Waals surface area contributed by atoms with Gasteiger partial charge in [-0.15, -0.1) is 16.4 Å². The molecule has 2 heterocycles. The molecule has 0 spiro atoms. The number of aromatic nitrogens is 3. The zero-order valence-electron chi connectivity index (χ0n) is 18.2. The van der Waals surface area contributed by atoms with Crippen LogP contribution in [0.4, 0.5) is 0 Å². The molecule has 4 rings (SSSR count). The Hall–Kier alpha value is -3.54. The van der Waals surface area contributed by atoms with E-state index in [0.717, 1.165) is 16.0 Å². The van der Waals surface area contributed by atoms with Crippen LogP contribution < -0.4 is 4.72 Å². The maximum absolute atomic E-state index is 12.9. The number of nitrogens with one attached hydrogen (secondary N) is 1. The lowest BCUT2D eigenvalue weighted by Crippen LogP contribution is -2.29. The minimum atomic E-state index is -3.80. The highest BCUT2D eigenvalue weighted by Crippen LogP contribution is 2.30. The molecule has 2 aromatic carbocycles. The minimum Gasteiger partial charge on any atom is -0.508 e. The summed E-state index contributed by atoms with van der Waals surface area (Å²) >= 11 is 1.17. The first-order chi connectivity index (χ1) is 16.4. The van der Waals surface area contributed by atoms with Crippen molar-refractivity contribution in [3.63, 3.8) is 0 Å². The van der Waals surface area contributed by atoms with Gasteiger partial charge in [-0.2, -0.15) is 0 Å². The lowest BCUT2D eigenvalue weighted by Gasteiger charge is -2.17. The highest BCUT2D eigenvalue weighted by Gasteiger charge is 2.26. The van der Waals surface area contributed by atoms with E-state index in [2.05, 4.69) is 15.0 Å². The molecule has 0 radical (unpaired) electrons. The number of phenolic OH excluding ortho intramolecular Hbond substituents is 1. The van der Waals surface area contributed by atoms with E-state index in [4.69, 9.17) is 4.74 Å². The number of benzene rings is 2. The van der Waals surface area contributed by atoms with Crippen LogP contribution in [0.15, 0.2) is 77.1 Å².